The molecule has 0 unspecified atom stereocenters. The molecule has 0 amide bonds. The van der Waals surface area contributed by atoms with E-state index in [1.165, 1.54) is 0 Å². The highest BCUT2D eigenvalue weighted by Gasteiger charge is 2.18. The Hall–Kier alpha value is -4.62. The maximum Gasteiger partial charge on any atom is 0.269 e. The Morgan fingerprint density at radius 2 is 1.40 bits per heavy atom. The molecule has 0 fully saturated rings. The van der Waals surface area contributed by atoms with Gasteiger partial charge in [-0.15, -0.1) is 5.10 Å². The van der Waals surface area contributed by atoms with Gasteiger partial charge in [-0.3, -0.25) is 9.36 Å². The van der Waals surface area contributed by atoms with Gasteiger partial charge in [0.1, 0.15) is 11.2 Å². The van der Waals surface area contributed by atoms with Crippen molar-refractivity contribution in [3.8, 4) is 34.2 Å². The topological polar surface area (TPSA) is 78.5 Å². The molecule has 6 aromatic rings. The number of benzene rings is 3. The predicted octanol–water partition coefficient (Wildman–Crippen LogP) is 5.35. The molecule has 0 aliphatic carbocycles. The van der Waals surface area contributed by atoms with Gasteiger partial charge in [-0.2, -0.15) is 0 Å². The van der Waals surface area contributed by atoms with Crippen molar-refractivity contribution in [2.75, 3.05) is 0 Å². The fourth-order valence-corrected chi connectivity index (χ4v) is 4.04. The Bertz CT molecular complexity index is 1690. The summed E-state index contributed by atoms with van der Waals surface area (Å²) >= 11 is 6.11. The smallest absolute Gasteiger partial charge is 0.268 e. The highest BCUT2D eigenvalue weighted by Crippen LogP contribution is 2.25. The molecule has 0 atom stereocenters. The third-order valence-corrected chi connectivity index (χ3v) is 5.88. The van der Waals surface area contributed by atoms with E-state index in [2.05, 4.69) is 15.1 Å². The van der Waals surface area contributed by atoms with Gasteiger partial charge in [0.15, 0.2) is 11.5 Å². The monoisotopic (exact) mass is 476 g/mol. The quantitative estimate of drug-likeness (QED) is 0.343. The lowest BCUT2D eigenvalue weighted by Crippen LogP contribution is -2.21. The zero-order valence-electron chi connectivity index (χ0n) is 18.3. The Morgan fingerprint density at radius 1 is 0.714 bits per heavy atom. The standard InChI is InChI=1S/C27H17ClN6O/c28-20-11-13-22(14-12-20)34-26(19-9-7-18(8-10-19)24-29-15-4-16-30-24)31-25-23(27(34)35)17-33(32-25)21-5-2-1-3-6-21/h1-17H. The summed E-state index contributed by atoms with van der Waals surface area (Å²) in [4.78, 5) is 27.2. The van der Waals surface area contributed by atoms with Crippen molar-refractivity contribution >= 4 is 22.6 Å². The number of nitrogens with zero attached hydrogens (tertiary/aromatic N) is 6. The number of para-hydroxylation sites is 1. The van der Waals surface area contributed by atoms with Gasteiger partial charge in [0.2, 0.25) is 0 Å². The van der Waals surface area contributed by atoms with E-state index in [4.69, 9.17) is 16.6 Å². The van der Waals surface area contributed by atoms with Crippen LogP contribution in [0.15, 0.2) is 108 Å². The lowest BCUT2D eigenvalue weighted by Gasteiger charge is -2.13. The van der Waals surface area contributed by atoms with E-state index in [0.29, 0.717) is 33.4 Å². The molecule has 0 bridgehead atoms. The van der Waals surface area contributed by atoms with Gasteiger partial charge in [-0.05, 0) is 42.5 Å². The van der Waals surface area contributed by atoms with Crippen molar-refractivity contribution in [2.24, 2.45) is 0 Å². The Kier molecular flexibility index (Phi) is 5.16. The highest BCUT2D eigenvalue weighted by atomic mass is 35.5. The van der Waals surface area contributed by atoms with E-state index in [-0.39, 0.29) is 5.56 Å². The molecule has 0 saturated carbocycles. The number of hydrogen-bond acceptors (Lipinski definition) is 5. The number of halogens is 1. The van der Waals surface area contributed by atoms with Crippen LogP contribution >= 0.6 is 11.6 Å². The molecule has 3 aromatic heterocycles. The van der Waals surface area contributed by atoms with Crippen molar-refractivity contribution in [3.63, 3.8) is 0 Å². The summed E-state index contributed by atoms with van der Waals surface area (Å²) in [5.74, 6) is 1.10. The van der Waals surface area contributed by atoms with Crippen molar-refractivity contribution in [3.05, 3.63) is 119 Å². The van der Waals surface area contributed by atoms with E-state index in [1.54, 1.807) is 58.2 Å². The van der Waals surface area contributed by atoms with E-state index < -0.39 is 0 Å². The van der Waals surface area contributed by atoms with Gasteiger partial charge < -0.3 is 0 Å². The molecule has 35 heavy (non-hydrogen) atoms. The first kappa shape index (κ1) is 20.9. The zero-order valence-corrected chi connectivity index (χ0v) is 19.0. The van der Waals surface area contributed by atoms with Crippen molar-refractivity contribution in [1.82, 2.24) is 29.3 Å². The van der Waals surface area contributed by atoms with Gasteiger partial charge >= 0.3 is 0 Å². The van der Waals surface area contributed by atoms with Crippen LogP contribution in [0.2, 0.25) is 5.02 Å². The second kappa shape index (κ2) is 8.62. The predicted molar refractivity (Wildman–Crippen MR) is 136 cm³/mol. The molecule has 0 aliphatic heterocycles. The lowest BCUT2D eigenvalue weighted by atomic mass is 10.1. The molecule has 168 valence electrons. The second-order valence-electron chi connectivity index (χ2n) is 7.85. The van der Waals surface area contributed by atoms with Gasteiger partial charge in [0, 0.05) is 34.7 Å². The maximum atomic E-state index is 13.8. The molecule has 0 N–H and O–H groups in total. The third-order valence-electron chi connectivity index (χ3n) is 5.62. The van der Waals surface area contributed by atoms with Crippen LogP contribution in [0.3, 0.4) is 0 Å². The highest BCUT2D eigenvalue weighted by molar-refractivity contribution is 6.30. The summed E-state index contributed by atoms with van der Waals surface area (Å²) in [7, 11) is 0. The normalized spacial score (nSPS) is 11.1. The molecule has 0 saturated heterocycles. The van der Waals surface area contributed by atoms with Gasteiger partial charge in [0.05, 0.1) is 11.4 Å². The maximum absolute atomic E-state index is 13.8. The Balaban J connectivity index is 1.56. The van der Waals surface area contributed by atoms with E-state index >= 15 is 0 Å². The van der Waals surface area contributed by atoms with Crippen LogP contribution in [0.5, 0.6) is 0 Å². The summed E-state index contributed by atoms with van der Waals surface area (Å²) in [6.45, 7) is 0. The average Bonchev–Trinajstić information content (AvgIpc) is 3.35. The Labute approximate surface area is 205 Å². The van der Waals surface area contributed by atoms with Crippen LogP contribution in [0, 0.1) is 0 Å². The van der Waals surface area contributed by atoms with Crippen LogP contribution in [-0.2, 0) is 0 Å². The largest absolute Gasteiger partial charge is 0.269 e. The van der Waals surface area contributed by atoms with E-state index in [1.807, 2.05) is 54.6 Å². The molecule has 7 nitrogen and oxygen atoms in total. The van der Waals surface area contributed by atoms with Crippen LogP contribution < -0.4 is 5.56 Å². The van der Waals surface area contributed by atoms with Crippen molar-refractivity contribution in [2.45, 2.75) is 0 Å². The number of aromatic nitrogens is 6. The van der Waals surface area contributed by atoms with E-state index in [0.717, 1.165) is 16.8 Å². The van der Waals surface area contributed by atoms with E-state index in [9.17, 15) is 4.79 Å². The third kappa shape index (κ3) is 3.88. The van der Waals surface area contributed by atoms with Gasteiger partial charge in [-0.1, -0.05) is 54.1 Å². The summed E-state index contributed by atoms with van der Waals surface area (Å²) in [6, 6.07) is 26.1. The first-order chi connectivity index (χ1) is 17.2. The molecule has 0 radical (unpaired) electrons. The van der Waals surface area contributed by atoms with Crippen molar-refractivity contribution in [1.29, 1.82) is 0 Å². The minimum atomic E-state index is -0.218. The fourth-order valence-electron chi connectivity index (χ4n) is 3.92. The second-order valence-corrected chi connectivity index (χ2v) is 8.29. The van der Waals surface area contributed by atoms with Crippen molar-refractivity contribution < 1.29 is 0 Å². The van der Waals surface area contributed by atoms with Crippen LogP contribution in [0.4, 0.5) is 0 Å². The van der Waals surface area contributed by atoms with Gasteiger partial charge in [-0.25, -0.2) is 19.6 Å². The van der Waals surface area contributed by atoms with Crippen LogP contribution in [-0.4, -0.2) is 29.3 Å². The number of hydrogen-bond donors (Lipinski definition) is 0. The zero-order chi connectivity index (χ0) is 23.8. The molecule has 0 spiro atoms. The number of fused-ring (bicyclic) bond motifs is 1. The molecule has 6 rings (SSSR count). The lowest BCUT2D eigenvalue weighted by molar-refractivity contribution is 0.888. The fraction of sp³-hybridized carbons (Fsp3) is 0. The van der Waals surface area contributed by atoms with Crippen LogP contribution in [0.25, 0.3) is 45.2 Å². The molecular weight excluding hydrogens is 460 g/mol. The summed E-state index contributed by atoms with van der Waals surface area (Å²) in [5, 5.41) is 5.60. The Morgan fingerprint density at radius 3 is 2.11 bits per heavy atom. The molecule has 3 aromatic carbocycles. The van der Waals surface area contributed by atoms with Gasteiger partial charge in [0.25, 0.3) is 5.56 Å². The summed E-state index contributed by atoms with van der Waals surface area (Å²) in [5.41, 5.74) is 3.28. The molecule has 3 heterocycles. The first-order valence-electron chi connectivity index (χ1n) is 10.9. The minimum Gasteiger partial charge on any atom is -0.268 e. The molecule has 8 heteroatoms. The SMILES string of the molecule is O=c1c2cn(-c3ccccc3)nc2nc(-c2ccc(-c3ncccn3)cc2)n1-c1ccc(Cl)cc1. The summed E-state index contributed by atoms with van der Waals surface area (Å²) < 4.78 is 3.26. The number of rotatable bonds is 4. The first-order valence-corrected chi connectivity index (χ1v) is 11.3. The van der Waals surface area contributed by atoms with Crippen LogP contribution in [0.1, 0.15) is 0 Å². The molecular formula is C27H17ClN6O. The minimum absolute atomic E-state index is 0.218. The average molecular weight is 477 g/mol. The summed E-state index contributed by atoms with van der Waals surface area (Å²) in [6.07, 6.45) is 5.12. The molecule has 0 aliphatic rings.